The number of nitrogens with one attached hydrogen (secondary N) is 3. The Balaban J connectivity index is 0.000000210. The SMILES string of the molecule is C=CC(C)[C@@](C)(NC(=O)[C@@H]1C[C@@H](Oc2cc(-c3ccccc3)nc3cc(OC)ccc23)CN1C(=O)[C@@H](CC(=O)N1CCCCC1)C(C)(C)C)C(=O)NS(=O)(=O)C1CC1.COc1ccc2c(O[C@@H]3C[C@H]4C(=O)C[C@]5(C(=O)NS(=O)(=O)C6CC6)C[C@H]5/C=C\CCCCC[C@H](CC(=O)N5CCCC(F)(F)C5)C(=O)N4C3)cc(-c3nc(C(C)C)cs3)nc2c1C. The van der Waals surface area contributed by atoms with Crippen molar-refractivity contribution >= 4 is 100 Å². The Morgan fingerprint density at radius 3 is 2.04 bits per heavy atom. The number of fused-ring (bicyclic) bond motifs is 4. The van der Waals surface area contributed by atoms with E-state index in [1.54, 1.807) is 21.1 Å². The molecule has 0 radical (unpaired) electrons. The first kappa shape index (κ1) is 89.3. The maximum Gasteiger partial charge on any atom is 0.265 e. The van der Waals surface area contributed by atoms with Crippen LogP contribution in [0.5, 0.6) is 23.0 Å². The molecule has 1 unspecified atom stereocenters. The first-order valence-corrected chi connectivity index (χ1v) is 46.5. The highest BCUT2D eigenvalue weighted by atomic mass is 32.2. The van der Waals surface area contributed by atoms with E-state index >= 15 is 0 Å². The Bertz CT molecular complexity index is 5200. The second-order valence-corrected chi connectivity index (χ2v) is 40.5. The standard InChI is InChI=1S/C46H57F2N5O8S2.C44H57N5O8S/c1-27(2)35-25-62-42(50-35)34-21-39(33-15-16-38(60-4)28(3)41(33)49-34)61-31-20-36-37(54)23-45(44(57)51-63(58,59)32-13-14-32)22-30(45)12-9-7-5-6-8-11-29(43(56)53(36)24-31)19-40(55)52-18-10-17-46(47,48)26-52;1-8-28(2)44(6,42(53)47-58(54,55)32-18-19-32)46-40(51)37-24-31(27-49(37)41(52)34(43(3,4)5)25-39(50)48-21-13-10-14-22-48)57-38-26-35(29-15-11-9-12-16-29)45-36-23-30(56-7)17-20-33(36)38/h9,12,15-16,21,25,27,29-32,36H,5-8,10-11,13-14,17-20,22-24,26H2,1-4H3,(H,51,57);8-9,11-12,15-17,20,23,26,28,31-32,34,37H,1,10,13-14,18-19,21-22,24-25,27H2,2-7H3,(H,46,51)(H,47,53)/b12-9-;/t29-,30-,31-,36+,45-;28?,31-,34-,37+,44-/m11/s1. The lowest BCUT2D eigenvalue weighted by Crippen LogP contribution is -2.64. The zero-order valence-electron chi connectivity index (χ0n) is 70.8. The molecule has 3 saturated carbocycles. The molecule has 26 nitrogen and oxygen atoms in total. The van der Waals surface area contributed by atoms with Gasteiger partial charge in [-0.1, -0.05) is 103 Å². The number of alkyl halides is 2. The van der Waals surface area contributed by atoms with Crippen LogP contribution in [0.25, 0.3) is 43.8 Å². The predicted octanol–water partition coefficient (Wildman–Crippen LogP) is 13.1. The Morgan fingerprint density at radius 2 is 1.39 bits per heavy atom. The van der Waals surface area contributed by atoms with Crippen molar-refractivity contribution < 1.29 is 82.9 Å². The quantitative estimate of drug-likeness (QED) is 0.0474. The van der Waals surface area contributed by atoms with Crippen molar-refractivity contribution in [2.45, 2.75) is 236 Å². The van der Waals surface area contributed by atoms with E-state index in [4.69, 9.17) is 33.9 Å². The van der Waals surface area contributed by atoms with Crippen molar-refractivity contribution in [2.75, 3.05) is 53.5 Å². The highest BCUT2D eigenvalue weighted by Gasteiger charge is 2.62. The maximum absolute atomic E-state index is 15.0. The number of amides is 7. The number of ether oxygens (including phenoxy) is 4. The number of likely N-dealkylation sites (tertiary alicyclic amines) is 3. The molecule has 7 amide bonds. The molecule has 31 heteroatoms. The summed E-state index contributed by atoms with van der Waals surface area (Å²) in [5, 5.41) is 5.62. The summed E-state index contributed by atoms with van der Waals surface area (Å²) in [6.45, 7) is 19.5. The summed E-state index contributed by atoms with van der Waals surface area (Å²) >= 11 is 1.46. The first-order chi connectivity index (χ1) is 57.4. The van der Waals surface area contributed by atoms with E-state index in [0.717, 1.165) is 53.8 Å². The van der Waals surface area contributed by atoms with Crippen LogP contribution >= 0.6 is 11.3 Å². The minimum Gasteiger partial charge on any atom is -0.497 e. The number of carbonyl (C=O) groups is 8. The number of aryl methyl sites for hydroxylation is 1. The number of aromatic nitrogens is 3. The Kier molecular flexibility index (Phi) is 26.9. The van der Waals surface area contributed by atoms with Crippen LogP contribution in [0, 0.1) is 41.4 Å². The molecule has 3 aromatic heterocycles. The average molecular weight is 1730 g/mol. The number of methoxy groups -OCH3 is 2. The van der Waals surface area contributed by atoms with Gasteiger partial charge in [-0.3, -0.25) is 47.8 Å². The second kappa shape index (κ2) is 36.5. The van der Waals surface area contributed by atoms with E-state index in [2.05, 4.69) is 35.2 Å². The molecule has 3 N–H and O–H groups in total. The van der Waals surface area contributed by atoms with Crippen LogP contribution in [0.1, 0.15) is 194 Å². The van der Waals surface area contributed by atoms with Gasteiger partial charge in [-0.25, -0.2) is 40.6 Å². The molecule has 14 rings (SSSR count). The van der Waals surface area contributed by atoms with Crippen LogP contribution < -0.4 is 33.7 Å². The molecule has 121 heavy (non-hydrogen) atoms. The second-order valence-electron chi connectivity index (χ2n) is 35.7. The van der Waals surface area contributed by atoms with Crippen molar-refractivity contribution in [2.24, 2.45) is 34.5 Å². The fraction of sp³-hybridized carbons (Fsp3) is 0.567. The number of thiazole rings is 1. The van der Waals surface area contributed by atoms with Gasteiger partial charge in [0.1, 0.15) is 57.5 Å². The number of ketones is 1. The van der Waals surface area contributed by atoms with Gasteiger partial charge >= 0.3 is 0 Å². The topological polar surface area (TPSA) is 329 Å². The zero-order chi connectivity index (χ0) is 86.8. The minimum absolute atomic E-state index is 0.0119. The largest absolute Gasteiger partial charge is 0.497 e. The molecule has 7 fully saturated rings. The van der Waals surface area contributed by atoms with Crippen molar-refractivity contribution in [3.05, 3.63) is 114 Å². The number of pyridine rings is 2. The average Bonchev–Trinajstić information content (AvgIpc) is 1.57. The highest BCUT2D eigenvalue weighted by Crippen LogP contribution is 2.58. The summed E-state index contributed by atoms with van der Waals surface area (Å²) in [5.41, 5.74) is 1.35. The number of halogens is 2. The van der Waals surface area contributed by atoms with Crippen molar-refractivity contribution in [3.63, 3.8) is 0 Å². The van der Waals surface area contributed by atoms with Crippen LogP contribution in [0.4, 0.5) is 8.78 Å². The molecule has 3 aliphatic carbocycles. The molecule has 6 aromatic rings. The van der Waals surface area contributed by atoms with E-state index < -0.39 is 137 Å². The number of hydrogen-bond donors (Lipinski definition) is 3. The number of carbonyl (C=O) groups excluding carboxylic acids is 8. The molecule has 8 aliphatic rings. The third kappa shape index (κ3) is 20.4. The van der Waals surface area contributed by atoms with Crippen LogP contribution in [-0.2, 0) is 58.4 Å². The van der Waals surface area contributed by atoms with Crippen LogP contribution in [0.3, 0.4) is 0 Å². The molecule has 5 aliphatic heterocycles. The lowest BCUT2D eigenvalue weighted by molar-refractivity contribution is -0.149. The van der Waals surface area contributed by atoms with Gasteiger partial charge in [-0.15, -0.1) is 17.9 Å². The van der Waals surface area contributed by atoms with E-state index in [1.165, 1.54) is 34.1 Å². The van der Waals surface area contributed by atoms with Crippen molar-refractivity contribution in [3.8, 4) is 45.0 Å². The number of nitrogens with zero attached hydrogens (tertiary/aromatic N) is 7. The fourth-order valence-corrected chi connectivity index (χ4v) is 21.0. The molecular formula is C90H114F2N10O16S3. The number of benzene rings is 3. The summed E-state index contributed by atoms with van der Waals surface area (Å²) in [7, 11) is -4.69. The Labute approximate surface area is 711 Å². The molecule has 0 bridgehead atoms. The minimum atomic E-state index is -3.95. The van der Waals surface area contributed by atoms with Gasteiger partial charge in [0.2, 0.25) is 55.5 Å². The van der Waals surface area contributed by atoms with Crippen molar-refractivity contribution in [1.82, 2.24) is 49.3 Å². The third-order valence-corrected chi connectivity index (χ3v) is 30.0. The van der Waals surface area contributed by atoms with E-state index in [0.29, 0.717) is 119 Å². The normalized spacial score (nSPS) is 24.1. The van der Waals surface area contributed by atoms with Crippen LogP contribution in [0.2, 0.25) is 0 Å². The first-order valence-electron chi connectivity index (χ1n) is 42.6. The molecule has 0 spiro atoms. The van der Waals surface area contributed by atoms with Gasteiger partial charge < -0.3 is 43.9 Å². The van der Waals surface area contributed by atoms with Gasteiger partial charge in [0.05, 0.1) is 84.1 Å². The number of allylic oxidation sites excluding steroid dienone is 2. The van der Waals surface area contributed by atoms with Crippen LogP contribution in [-0.4, -0.2) is 198 Å². The summed E-state index contributed by atoms with van der Waals surface area (Å²) < 4.78 is 110. The Hall–Kier alpha value is -9.49. The summed E-state index contributed by atoms with van der Waals surface area (Å²) in [5.74, 6) is -7.48. The highest BCUT2D eigenvalue weighted by molar-refractivity contribution is 7.91. The lowest BCUT2D eigenvalue weighted by atomic mass is 9.77. The van der Waals surface area contributed by atoms with Gasteiger partial charge in [-0.2, -0.15) is 0 Å². The smallest absolute Gasteiger partial charge is 0.265 e. The van der Waals surface area contributed by atoms with Crippen molar-refractivity contribution in [1.29, 1.82) is 0 Å². The molecule has 8 heterocycles. The number of piperidine rings is 2. The summed E-state index contributed by atoms with van der Waals surface area (Å²) in [6, 6.07) is 20.3. The van der Waals surface area contributed by atoms with Gasteiger partial charge in [0, 0.05) is 115 Å². The Morgan fingerprint density at radius 1 is 0.727 bits per heavy atom. The molecular weight excluding hydrogens is 1610 g/mol. The fourth-order valence-electron chi connectivity index (χ4n) is 17.3. The molecule has 652 valence electrons. The van der Waals surface area contributed by atoms with Gasteiger partial charge in [0.25, 0.3) is 11.8 Å². The lowest BCUT2D eigenvalue weighted by Gasteiger charge is -2.38. The predicted molar refractivity (Wildman–Crippen MR) is 456 cm³/mol. The van der Waals surface area contributed by atoms with E-state index in [-0.39, 0.29) is 94.7 Å². The number of sulfonamides is 2. The zero-order valence-corrected chi connectivity index (χ0v) is 73.3. The molecule has 3 aromatic carbocycles. The number of hydrogen-bond acceptors (Lipinski definition) is 20. The van der Waals surface area contributed by atoms with E-state index in [9.17, 15) is 64.0 Å². The maximum atomic E-state index is 15.0. The molecule has 4 saturated heterocycles. The molecule has 10 atom stereocenters. The van der Waals surface area contributed by atoms with Gasteiger partial charge in [-0.05, 0) is 132 Å². The summed E-state index contributed by atoms with van der Waals surface area (Å²) in [6.07, 6.45) is 11.4. The van der Waals surface area contributed by atoms with Gasteiger partial charge in [0.15, 0.2) is 5.78 Å². The number of rotatable bonds is 24. The number of Topliss-reactive ketones (excluding diaryl/α,β-unsaturated/α-hetero) is 1. The monoisotopic (exact) mass is 1720 g/mol. The van der Waals surface area contributed by atoms with E-state index in [1.807, 2.05) is 123 Å². The third-order valence-electron chi connectivity index (χ3n) is 25.4. The summed E-state index contributed by atoms with van der Waals surface area (Å²) in [4.78, 5) is 135. The van der Waals surface area contributed by atoms with Crippen LogP contribution in [0.15, 0.2) is 103 Å².